The van der Waals surface area contributed by atoms with Gasteiger partial charge < -0.3 is 26.3 Å². The molecule has 0 aliphatic carbocycles. The third-order valence-corrected chi connectivity index (χ3v) is 5.43. The Labute approximate surface area is 204 Å². The summed E-state index contributed by atoms with van der Waals surface area (Å²) in [5.74, 6) is -0.622. The Hall–Kier alpha value is -4.32. The first-order valence-electron chi connectivity index (χ1n) is 11.5. The molecule has 1 atom stereocenters. The van der Waals surface area contributed by atoms with Crippen molar-refractivity contribution in [3.05, 3.63) is 65.9 Å². The topological polar surface area (TPSA) is 139 Å². The van der Waals surface area contributed by atoms with Gasteiger partial charge in [0, 0.05) is 34.9 Å². The van der Waals surface area contributed by atoms with Crippen molar-refractivity contribution in [2.45, 2.75) is 32.7 Å². The molecule has 0 saturated heterocycles. The molecule has 9 nitrogen and oxygen atoms in total. The predicted molar refractivity (Wildman–Crippen MR) is 135 cm³/mol. The van der Waals surface area contributed by atoms with Gasteiger partial charge in [0.25, 0.3) is 5.91 Å². The summed E-state index contributed by atoms with van der Waals surface area (Å²) in [6.07, 6.45) is 3.09. The van der Waals surface area contributed by atoms with E-state index in [2.05, 4.69) is 26.3 Å². The molecule has 0 aliphatic rings. The van der Waals surface area contributed by atoms with E-state index in [1.54, 1.807) is 24.3 Å². The van der Waals surface area contributed by atoms with Crippen LogP contribution in [0.15, 0.2) is 54.7 Å². The number of nitriles is 1. The number of aromatic amines is 1. The van der Waals surface area contributed by atoms with Gasteiger partial charge in [0.05, 0.1) is 6.07 Å². The lowest BCUT2D eigenvalue weighted by Gasteiger charge is -2.19. The second kappa shape index (κ2) is 12.2. The average Bonchev–Trinajstić information content (AvgIpc) is 3.25. The van der Waals surface area contributed by atoms with Crippen LogP contribution >= 0.6 is 0 Å². The molecule has 35 heavy (non-hydrogen) atoms. The van der Waals surface area contributed by atoms with Crippen LogP contribution in [0.5, 0.6) is 0 Å². The molecular weight excluding hydrogens is 444 g/mol. The van der Waals surface area contributed by atoms with Gasteiger partial charge in [-0.15, -0.1) is 0 Å². The Morgan fingerprint density at radius 3 is 2.49 bits per heavy atom. The number of carbonyl (C=O) groups excluding carboxylic acids is 3. The van der Waals surface area contributed by atoms with E-state index >= 15 is 0 Å². The zero-order valence-electron chi connectivity index (χ0n) is 19.9. The van der Waals surface area contributed by atoms with Crippen LogP contribution in [0.4, 0.5) is 10.5 Å². The highest BCUT2D eigenvalue weighted by Gasteiger charge is 2.22. The van der Waals surface area contributed by atoms with Gasteiger partial charge in [-0.25, -0.2) is 4.79 Å². The Morgan fingerprint density at radius 2 is 1.77 bits per heavy atom. The molecule has 0 bridgehead atoms. The van der Waals surface area contributed by atoms with Crippen LogP contribution in [0.2, 0.25) is 0 Å². The fourth-order valence-electron chi connectivity index (χ4n) is 3.72. The zero-order valence-corrected chi connectivity index (χ0v) is 19.9. The lowest BCUT2D eigenvalue weighted by atomic mass is 10.0. The van der Waals surface area contributed by atoms with E-state index in [1.807, 2.05) is 50.4 Å². The summed E-state index contributed by atoms with van der Waals surface area (Å²) >= 11 is 0. The molecule has 1 unspecified atom stereocenters. The van der Waals surface area contributed by atoms with Crippen molar-refractivity contribution in [1.29, 1.82) is 5.26 Å². The lowest BCUT2D eigenvalue weighted by Crippen LogP contribution is -2.47. The van der Waals surface area contributed by atoms with Gasteiger partial charge in [-0.2, -0.15) is 5.26 Å². The minimum Gasteiger partial charge on any atom is -0.361 e. The van der Waals surface area contributed by atoms with Gasteiger partial charge in [-0.05, 0) is 54.7 Å². The number of anilines is 1. The molecule has 0 aliphatic heterocycles. The van der Waals surface area contributed by atoms with Gasteiger partial charge in [0.1, 0.15) is 12.6 Å². The van der Waals surface area contributed by atoms with Crippen molar-refractivity contribution in [2.24, 2.45) is 5.92 Å². The minimum atomic E-state index is -0.739. The fraction of sp³-hybridized carbons (Fsp3) is 0.308. The number of fused-ring (bicyclic) bond motifs is 1. The number of hydrogen-bond donors (Lipinski definition) is 5. The molecule has 0 radical (unpaired) electrons. The molecule has 3 aromatic rings. The Morgan fingerprint density at radius 1 is 1.03 bits per heavy atom. The molecule has 1 heterocycles. The van der Waals surface area contributed by atoms with E-state index in [1.165, 1.54) is 0 Å². The van der Waals surface area contributed by atoms with Gasteiger partial charge >= 0.3 is 6.03 Å². The number of hydrogen-bond acceptors (Lipinski definition) is 4. The fourth-order valence-corrected chi connectivity index (χ4v) is 3.72. The van der Waals surface area contributed by atoms with E-state index in [4.69, 9.17) is 5.26 Å². The van der Waals surface area contributed by atoms with E-state index < -0.39 is 17.9 Å². The van der Waals surface area contributed by atoms with Crippen molar-refractivity contribution in [3.63, 3.8) is 0 Å². The molecule has 1 aromatic heterocycles. The lowest BCUT2D eigenvalue weighted by molar-refractivity contribution is -0.123. The van der Waals surface area contributed by atoms with Crippen molar-refractivity contribution >= 4 is 34.4 Å². The van der Waals surface area contributed by atoms with Crippen molar-refractivity contribution < 1.29 is 14.4 Å². The maximum Gasteiger partial charge on any atom is 0.319 e. The standard InChI is InChI=1S/C26H30N6O3/c1-17(2)15-23(25(34)28-14-12-27)32-24(33)18-7-9-20(10-8-18)31-26(35)29-13-11-19-16-30-22-6-4-3-5-21(19)22/h3-10,16-17,23,30H,11,13-15H2,1-2H3,(H,28,34)(H,32,33)(H2,29,31,35). The summed E-state index contributed by atoms with van der Waals surface area (Å²) in [4.78, 5) is 40.4. The smallest absolute Gasteiger partial charge is 0.319 e. The van der Waals surface area contributed by atoms with E-state index in [9.17, 15) is 14.4 Å². The van der Waals surface area contributed by atoms with E-state index in [0.717, 1.165) is 16.5 Å². The number of amides is 4. The molecule has 3 rings (SSSR count). The normalized spacial score (nSPS) is 11.5. The number of H-pyrrole nitrogens is 1. The van der Waals surface area contributed by atoms with E-state index in [0.29, 0.717) is 30.6 Å². The van der Waals surface area contributed by atoms with Crippen LogP contribution in [-0.4, -0.2) is 42.0 Å². The number of para-hydroxylation sites is 1. The number of carbonyl (C=O) groups is 3. The quantitative estimate of drug-likeness (QED) is 0.288. The second-order valence-electron chi connectivity index (χ2n) is 8.60. The number of aromatic nitrogens is 1. The molecule has 0 spiro atoms. The van der Waals surface area contributed by atoms with Gasteiger partial charge in [-0.1, -0.05) is 32.0 Å². The number of benzene rings is 2. The van der Waals surface area contributed by atoms with E-state index in [-0.39, 0.29) is 18.5 Å². The summed E-state index contributed by atoms with van der Waals surface area (Å²) in [5.41, 5.74) is 3.09. The summed E-state index contributed by atoms with van der Waals surface area (Å²) in [6, 6.07) is 15.2. The highest BCUT2D eigenvalue weighted by molar-refractivity contribution is 5.98. The van der Waals surface area contributed by atoms with Crippen molar-refractivity contribution in [1.82, 2.24) is 20.9 Å². The Kier molecular flexibility index (Phi) is 8.84. The number of nitrogens with zero attached hydrogens (tertiary/aromatic N) is 1. The molecule has 2 aromatic carbocycles. The first kappa shape index (κ1) is 25.3. The SMILES string of the molecule is CC(C)CC(NC(=O)c1ccc(NC(=O)NCCc2c[nH]c3ccccc23)cc1)C(=O)NCC#N. The summed E-state index contributed by atoms with van der Waals surface area (Å²) in [6.45, 7) is 4.25. The molecule has 0 saturated carbocycles. The maximum absolute atomic E-state index is 12.6. The third kappa shape index (κ3) is 7.33. The van der Waals surface area contributed by atoms with Crippen LogP contribution < -0.4 is 21.3 Å². The second-order valence-corrected chi connectivity index (χ2v) is 8.60. The van der Waals surface area contributed by atoms with Crippen LogP contribution in [0.1, 0.15) is 36.2 Å². The number of rotatable bonds is 10. The van der Waals surface area contributed by atoms with Crippen LogP contribution in [0.3, 0.4) is 0 Å². The predicted octanol–water partition coefficient (Wildman–Crippen LogP) is 3.32. The van der Waals surface area contributed by atoms with Crippen LogP contribution in [0, 0.1) is 17.2 Å². The van der Waals surface area contributed by atoms with Crippen LogP contribution in [0.25, 0.3) is 10.9 Å². The van der Waals surface area contributed by atoms with Gasteiger partial charge in [-0.3, -0.25) is 9.59 Å². The molecule has 5 N–H and O–H groups in total. The molecular formula is C26H30N6O3. The zero-order chi connectivity index (χ0) is 25.2. The molecule has 9 heteroatoms. The summed E-state index contributed by atoms with van der Waals surface area (Å²) in [5, 5.41) is 20.6. The summed E-state index contributed by atoms with van der Waals surface area (Å²) in [7, 11) is 0. The molecule has 4 amide bonds. The van der Waals surface area contributed by atoms with Crippen LogP contribution in [-0.2, 0) is 11.2 Å². The van der Waals surface area contributed by atoms with Gasteiger partial charge in [0.2, 0.25) is 5.91 Å². The highest BCUT2D eigenvalue weighted by Crippen LogP contribution is 2.17. The average molecular weight is 475 g/mol. The van der Waals surface area contributed by atoms with Gasteiger partial charge in [0.15, 0.2) is 0 Å². The van der Waals surface area contributed by atoms with Crippen molar-refractivity contribution in [2.75, 3.05) is 18.4 Å². The number of nitrogens with one attached hydrogen (secondary N) is 5. The summed E-state index contributed by atoms with van der Waals surface area (Å²) < 4.78 is 0. The Bertz CT molecular complexity index is 1210. The molecule has 182 valence electrons. The monoisotopic (exact) mass is 474 g/mol. The largest absolute Gasteiger partial charge is 0.361 e. The minimum absolute atomic E-state index is 0.118. The first-order chi connectivity index (χ1) is 16.9. The maximum atomic E-state index is 12.6. The first-order valence-corrected chi connectivity index (χ1v) is 11.5. The Balaban J connectivity index is 1.49. The third-order valence-electron chi connectivity index (χ3n) is 5.43. The molecule has 0 fully saturated rings. The van der Waals surface area contributed by atoms with Crippen molar-refractivity contribution in [3.8, 4) is 6.07 Å². The highest BCUT2D eigenvalue weighted by atomic mass is 16.2. The number of urea groups is 1.